The largest absolute Gasteiger partial charge is 0.444 e. The number of nitrogens with zero attached hydrogens (tertiary/aromatic N) is 3. The fourth-order valence-corrected chi connectivity index (χ4v) is 3.27. The monoisotopic (exact) mass is 411 g/mol. The van der Waals surface area contributed by atoms with E-state index in [1.54, 1.807) is 14.1 Å². The summed E-state index contributed by atoms with van der Waals surface area (Å²) in [5, 5.41) is 6.30. The van der Waals surface area contributed by atoms with E-state index in [1.807, 2.05) is 20.8 Å². The first-order valence-corrected chi connectivity index (χ1v) is 10.5. The number of hydrogen-bond donors (Lipinski definition) is 2. The van der Waals surface area contributed by atoms with Crippen LogP contribution >= 0.6 is 0 Å². The molecule has 2 saturated heterocycles. The Morgan fingerprint density at radius 1 is 1.24 bits per heavy atom. The van der Waals surface area contributed by atoms with E-state index in [9.17, 15) is 9.59 Å². The molecule has 166 valence electrons. The van der Waals surface area contributed by atoms with Crippen molar-refractivity contribution in [3.05, 3.63) is 0 Å². The number of likely N-dealkylation sites (N-methyl/N-ethyl adjacent to an activating group) is 1. The number of amides is 2. The van der Waals surface area contributed by atoms with Gasteiger partial charge in [0.15, 0.2) is 5.96 Å². The molecular weight excluding hydrogens is 374 g/mol. The molecule has 0 aliphatic carbocycles. The summed E-state index contributed by atoms with van der Waals surface area (Å²) in [6.07, 6.45) is 3.86. The molecule has 2 aliphatic rings. The van der Waals surface area contributed by atoms with Gasteiger partial charge in [0.25, 0.3) is 0 Å². The molecule has 2 unspecified atom stereocenters. The quantitative estimate of drug-likeness (QED) is 0.521. The molecule has 2 N–H and O–H groups in total. The Morgan fingerprint density at radius 2 is 2.00 bits per heavy atom. The number of alkyl carbamates (subject to hydrolysis) is 1. The molecule has 0 aromatic heterocycles. The average Bonchev–Trinajstić information content (AvgIpc) is 3.08. The van der Waals surface area contributed by atoms with Crippen LogP contribution in [-0.2, 0) is 14.3 Å². The highest BCUT2D eigenvalue weighted by Crippen LogP contribution is 2.14. The van der Waals surface area contributed by atoms with Gasteiger partial charge < -0.3 is 29.9 Å². The van der Waals surface area contributed by atoms with Gasteiger partial charge in [-0.25, -0.2) is 9.79 Å². The molecule has 2 fully saturated rings. The summed E-state index contributed by atoms with van der Waals surface area (Å²) >= 11 is 0. The van der Waals surface area contributed by atoms with Gasteiger partial charge in [-0.1, -0.05) is 0 Å². The van der Waals surface area contributed by atoms with Gasteiger partial charge in [-0.3, -0.25) is 4.79 Å². The van der Waals surface area contributed by atoms with Crippen molar-refractivity contribution in [2.45, 2.75) is 64.2 Å². The summed E-state index contributed by atoms with van der Waals surface area (Å²) in [7, 11) is 3.44. The second-order valence-corrected chi connectivity index (χ2v) is 8.88. The van der Waals surface area contributed by atoms with Crippen molar-refractivity contribution in [2.24, 2.45) is 4.99 Å². The highest BCUT2D eigenvalue weighted by atomic mass is 16.6. The number of aliphatic imine (C=N–C) groups is 1. The van der Waals surface area contributed by atoms with Gasteiger partial charge in [0.1, 0.15) is 12.1 Å². The second kappa shape index (κ2) is 10.7. The van der Waals surface area contributed by atoms with Crippen molar-refractivity contribution < 1.29 is 19.1 Å². The highest BCUT2D eigenvalue weighted by Gasteiger charge is 2.28. The smallest absolute Gasteiger partial charge is 0.407 e. The van der Waals surface area contributed by atoms with E-state index < -0.39 is 11.7 Å². The molecule has 0 aromatic carbocycles. The predicted molar refractivity (Wildman–Crippen MR) is 112 cm³/mol. The number of carbonyl (C=O) groups excluding carboxylic acids is 2. The van der Waals surface area contributed by atoms with Crippen LogP contribution in [0.1, 0.15) is 46.5 Å². The van der Waals surface area contributed by atoms with Crippen molar-refractivity contribution in [3.63, 3.8) is 0 Å². The van der Waals surface area contributed by atoms with Crippen LogP contribution in [-0.4, -0.2) is 92.4 Å². The van der Waals surface area contributed by atoms with E-state index in [0.29, 0.717) is 19.0 Å². The Kier molecular flexibility index (Phi) is 8.55. The minimum Gasteiger partial charge on any atom is -0.444 e. The predicted octanol–water partition coefficient (Wildman–Crippen LogP) is 1.19. The first-order valence-electron chi connectivity index (χ1n) is 10.5. The molecule has 2 rings (SSSR count). The van der Waals surface area contributed by atoms with Crippen LogP contribution in [0.25, 0.3) is 0 Å². The Balaban J connectivity index is 1.93. The summed E-state index contributed by atoms with van der Waals surface area (Å²) in [5.74, 6) is 0.628. The number of guanidine groups is 1. The van der Waals surface area contributed by atoms with Gasteiger partial charge in [-0.15, -0.1) is 0 Å². The van der Waals surface area contributed by atoms with Crippen LogP contribution in [0.4, 0.5) is 4.79 Å². The highest BCUT2D eigenvalue weighted by molar-refractivity contribution is 5.85. The maximum atomic E-state index is 12.0. The lowest BCUT2D eigenvalue weighted by Gasteiger charge is -2.27. The number of rotatable bonds is 5. The zero-order chi connectivity index (χ0) is 21.4. The standard InChI is InChI=1S/C20H37N5O4/c1-20(2,3)29-19(27)23-15-9-10-25(14-15)18(22-13-17(26)24(4)5)21-12-16-8-6-7-11-28-16/h15-16H,6-14H2,1-5H3,(H,21,22)(H,23,27). The lowest BCUT2D eigenvalue weighted by molar-refractivity contribution is -0.127. The van der Waals surface area contributed by atoms with E-state index in [1.165, 1.54) is 11.3 Å². The minimum atomic E-state index is -0.525. The fraction of sp³-hybridized carbons (Fsp3) is 0.850. The van der Waals surface area contributed by atoms with E-state index in [0.717, 1.165) is 32.4 Å². The fourth-order valence-electron chi connectivity index (χ4n) is 3.27. The molecule has 0 bridgehead atoms. The van der Waals surface area contributed by atoms with Crippen LogP contribution in [0.5, 0.6) is 0 Å². The molecule has 0 saturated carbocycles. The number of carbonyl (C=O) groups is 2. The molecule has 0 radical (unpaired) electrons. The van der Waals surface area contributed by atoms with E-state index in [4.69, 9.17) is 9.47 Å². The van der Waals surface area contributed by atoms with Gasteiger partial charge in [0.05, 0.1) is 12.1 Å². The lowest BCUT2D eigenvalue weighted by atomic mass is 10.1. The van der Waals surface area contributed by atoms with E-state index in [-0.39, 0.29) is 24.6 Å². The van der Waals surface area contributed by atoms with E-state index >= 15 is 0 Å². The third-order valence-electron chi connectivity index (χ3n) is 4.83. The zero-order valence-corrected chi connectivity index (χ0v) is 18.5. The van der Waals surface area contributed by atoms with Crippen LogP contribution in [0.3, 0.4) is 0 Å². The first kappa shape index (κ1) is 23.3. The summed E-state index contributed by atoms with van der Waals surface area (Å²) in [6.45, 7) is 8.44. The minimum absolute atomic E-state index is 0.0210. The number of likely N-dealkylation sites (tertiary alicyclic amines) is 1. The molecule has 2 atom stereocenters. The van der Waals surface area contributed by atoms with Gasteiger partial charge in [-0.05, 0) is 46.5 Å². The second-order valence-electron chi connectivity index (χ2n) is 8.88. The summed E-state index contributed by atoms with van der Waals surface area (Å²) in [6, 6.07) is -0.0210. The molecule has 9 nitrogen and oxygen atoms in total. The Labute approximate surface area is 174 Å². The third-order valence-corrected chi connectivity index (χ3v) is 4.83. The Hall–Kier alpha value is -2.03. The van der Waals surface area contributed by atoms with Gasteiger partial charge in [0.2, 0.25) is 5.91 Å². The molecular formula is C20H37N5O4. The molecule has 2 amide bonds. The number of ether oxygens (including phenoxy) is 2. The molecule has 0 aromatic rings. The Morgan fingerprint density at radius 3 is 2.62 bits per heavy atom. The molecule has 0 spiro atoms. The lowest BCUT2D eigenvalue weighted by Crippen LogP contribution is -2.46. The van der Waals surface area contributed by atoms with Crippen molar-refractivity contribution >= 4 is 18.0 Å². The molecule has 2 heterocycles. The number of nitrogens with one attached hydrogen (secondary N) is 2. The van der Waals surface area contributed by atoms with Gasteiger partial charge >= 0.3 is 6.09 Å². The molecule has 2 aliphatic heterocycles. The van der Waals surface area contributed by atoms with Crippen molar-refractivity contribution in [1.29, 1.82) is 0 Å². The van der Waals surface area contributed by atoms with Crippen LogP contribution in [0.15, 0.2) is 4.99 Å². The third kappa shape index (κ3) is 8.47. The van der Waals surface area contributed by atoms with Crippen LogP contribution in [0, 0.1) is 0 Å². The Bertz CT molecular complexity index is 582. The SMILES string of the molecule is CN(C)C(=O)CN=C(NCC1CCCCO1)N1CCC(NC(=O)OC(C)(C)C)C1. The van der Waals surface area contributed by atoms with E-state index in [2.05, 4.69) is 20.5 Å². The number of hydrogen-bond acceptors (Lipinski definition) is 5. The summed E-state index contributed by atoms with van der Waals surface area (Å²) in [5.41, 5.74) is -0.525. The summed E-state index contributed by atoms with van der Waals surface area (Å²) in [4.78, 5) is 32.2. The molecule has 9 heteroatoms. The topological polar surface area (TPSA) is 95.5 Å². The van der Waals surface area contributed by atoms with Crippen molar-refractivity contribution in [1.82, 2.24) is 20.4 Å². The first-order chi connectivity index (χ1) is 13.6. The molecule has 29 heavy (non-hydrogen) atoms. The summed E-state index contributed by atoms with van der Waals surface area (Å²) < 4.78 is 11.1. The van der Waals surface area contributed by atoms with Gasteiger partial charge in [-0.2, -0.15) is 0 Å². The van der Waals surface area contributed by atoms with Gasteiger partial charge in [0, 0.05) is 40.3 Å². The van der Waals surface area contributed by atoms with Crippen molar-refractivity contribution in [3.8, 4) is 0 Å². The van der Waals surface area contributed by atoms with Crippen LogP contribution in [0.2, 0.25) is 0 Å². The maximum absolute atomic E-state index is 12.0. The maximum Gasteiger partial charge on any atom is 0.407 e. The average molecular weight is 412 g/mol. The zero-order valence-electron chi connectivity index (χ0n) is 18.5. The van der Waals surface area contributed by atoms with Crippen LogP contribution < -0.4 is 10.6 Å². The normalized spacial score (nSPS) is 22.9. The van der Waals surface area contributed by atoms with Crippen molar-refractivity contribution in [2.75, 3.05) is 46.9 Å².